The molecule has 142 valence electrons. The van der Waals surface area contributed by atoms with Gasteiger partial charge in [0.15, 0.2) is 0 Å². The number of amides is 1. The molecule has 2 aliphatic rings. The number of hydrogen-bond donors (Lipinski definition) is 2. The number of nitrogens with zero attached hydrogens (tertiary/aromatic N) is 1. The molecule has 0 spiro atoms. The fourth-order valence-corrected chi connectivity index (χ4v) is 3.63. The second-order valence-corrected chi connectivity index (χ2v) is 8.14. The molecule has 0 bridgehead atoms. The molecular weight excluding hydrogens is 338 g/mol. The normalized spacial score (nSPS) is 21.0. The molecular formula is C22H27N3O2. The van der Waals surface area contributed by atoms with Gasteiger partial charge in [-0.05, 0) is 61.1 Å². The van der Waals surface area contributed by atoms with Gasteiger partial charge in [-0.2, -0.15) is 0 Å². The van der Waals surface area contributed by atoms with Crippen LogP contribution in [-0.4, -0.2) is 36.5 Å². The van der Waals surface area contributed by atoms with Gasteiger partial charge in [-0.1, -0.05) is 19.1 Å². The molecule has 0 aromatic heterocycles. The van der Waals surface area contributed by atoms with Crippen molar-refractivity contribution >= 4 is 17.3 Å². The zero-order valence-corrected chi connectivity index (χ0v) is 15.8. The average Bonchev–Trinajstić information content (AvgIpc) is 3.22. The Morgan fingerprint density at radius 2 is 1.96 bits per heavy atom. The number of nitrogens with one attached hydrogen (secondary N) is 1. The maximum absolute atomic E-state index is 12.4. The molecule has 1 aliphatic carbocycles. The molecule has 0 unspecified atom stereocenters. The number of ether oxygens (including phenoxy) is 1. The summed E-state index contributed by atoms with van der Waals surface area (Å²) in [5, 5.41) is 2.84. The van der Waals surface area contributed by atoms with Crippen LogP contribution >= 0.6 is 0 Å². The Morgan fingerprint density at radius 1 is 1.22 bits per heavy atom. The van der Waals surface area contributed by atoms with Crippen LogP contribution in [0.4, 0.5) is 11.4 Å². The third kappa shape index (κ3) is 4.42. The first kappa shape index (κ1) is 17.9. The number of benzene rings is 2. The van der Waals surface area contributed by atoms with Gasteiger partial charge in [-0.15, -0.1) is 0 Å². The fourth-order valence-electron chi connectivity index (χ4n) is 3.63. The monoisotopic (exact) mass is 365 g/mol. The SMILES string of the molecule is CC1(CN2CC[C@H](Oc3ccc(C(=O)Nc4ccccc4N)cc3)C2)CC1. The summed E-state index contributed by atoms with van der Waals surface area (Å²) in [5.41, 5.74) is 8.18. The molecule has 1 aliphatic heterocycles. The van der Waals surface area contributed by atoms with Gasteiger partial charge in [0.2, 0.25) is 0 Å². The molecule has 2 aromatic rings. The predicted octanol–water partition coefficient (Wildman–Crippen LogP) is 3.77. The summed E-state index contributed by atoms with van der Waals surface area (Å²) >= 11 is 0. The largest absolute Gasteiger partial charge is 0.489 e. The number of hydrogen-bond acceptors (Lipinski definition) is 4. The Kier molecular flexibility index (Phi) is 4.79. The highest BCUT2D eigenvalue weighted by Crippen LogP contribution is 2.45. The minimum atomic E-state index is -0.177. The maximum Gasteiger partial charge on any atom is 0.255 e. The number of nitrogen functional groups attached to an aromatic ring is 1. The third-order valence-corrected chi connectivity index (χ3v) is 5.57. The van der Waals surface area contributed by atoms with Crippen LogP contribution in [0.3, 0.4) is 0 Å². The van der Waals surface area contributed by atoms with Gasteiger partial charge in [-0.3, -0.25) is 9.69 Å². The Labute approximate surface area is 160 Å². The summed E-state index contributed by atoms with van der Waals surface area (Å²) in [6, 6.07) is 14.6. The number of para-hydroxylation sites is 2. The van der Waals surface area contributed by atoms with Gasteiger partial charge >= 0.3 is 0 Å². The van der Waals surface area contributed by atoms with Crippen molar-refractivity contribution in [1.82, 2.24) is 4.90 Å². The summed E-state index contributed by atoms with van der Waals surface area (Å²) in [7, 11) is 0. The van der Waals surface area contributed by atoms with E-state index in [1.54, 1.807) is 24.3 Å². The van der Waals surface area contributed by atoms with Crippen molar-refractivity contribution in [2.24, 2.45) is 5.41 Å². The molecule has 27 heavy (non-hydrogen) atoms. The van der Waals surface area contributed by atoms with E-state index >= 15 is 0 Å². The van der Waals surface area contributed by atoms with E-state index < -0.39 is 0 Å². The summed E-state index contributed by atoms with van der Waals surface area (Å²) in [4.78, 5) is 14.9. The first-order valence-corrected chi connectivity index (χ1v) is 9.66. The zero-order chi connectivity index (χ0) is 18.9. The number of rotatable bonds is 6. The first-order chi connectivity index (χ1) is 13.0. The van der Waals surface area contributed by atoms with E-state index in [-0.39, 0.29) is 12.0 Å². The quantitative estimate of drug-likeness (QED) is 0.765. The van der Waals surface area contributed by atoms with E-state index in [2.05, 4.69) is 17.1 Å². The van der Waals surface area contributed by atoms with Crippen molar-refractivity contribution in [3.8, 4) is 5.75 Å². The van der Waals surface area contributed by atoms with Crippen molar-refractivity contribution in [1.29, 1.82) is 0 Å². The molecule has 3 N–H and O–H groups in total. The summed E-state index contributed by atoms with van der Waals surface area (Å²) < 4.78 is 6.12. The van der Waals surface area contributed by atoms with Gasteiger partial charge in [0.1, 0.15) is 11.9 Å². The number of likely N-dealkylation sites (tertiary alicyclic amines) is 1. The highest BCUT2D eigenvalue weighted by atomic mass is 16.5. The lowest BCUT2D eigenvalue weighted by atomic mass is 10.1. The van der Waals surface area contributed by atoms with Crippen molar-refractivity contribution in [2.45, 2.75) is 32.3 Å². The van der Waals surface area contributed by atoms with Crippen LogP contribution in [0.25, 0.3) is 0 Å². The Hall–Kier alpha value is -2.53. The van der Waals surface area contributed by atoms with Crippen LogP contribution in [0.1, 0.15) is 36.5 Å². The van der Waals surface area contributed by atoms with Crippen LogP contribution in [-0.2, 0) is 0 Å². The molecule has 1 amide bonds. The molecule has 2 fully saturated rings. The van der Waals surface area contributed by atoms with E-state index in [1.807, 2.05) is 24.3 Å². The predicted molar refractivity (Wildman–Crippen MR) is 108 cm³/mol. The van der Waals surface area contributed by atoms with Crippen LogP contribution in [0.5, 0.6) is 5.75 Å². The summed E-state index contributed by atoms with van der Waals surface area (Å²) in [6.07, 6.45) is 4.00. The van der Waals surface area contributed by atoms with Crippen LogP contribution in [0, 0.1) is 5.41 Å². The zero-order valence-electron chi connectivity index (χ0n) is 15.8. The van der Waals surface area contributed by atoms with E-state index in [0.29, 0.717) is 22.4 Å². The van der Waals surface area contributed by atoms with Crippen LogP contribution in [0.15, 0.2) is 48.5 Å². The summed E-state index contributed by atoms with van der Waals surface area (Å²) in [5.74, 6) is 0.638. The van der Waals surface area contributed by atoms with Gasteiger partial charge in [0.25, 0.3) is 5.91 Å². The Morgan fingerprint density at radius 3 is 2.67 bits per heavy atom. The molecule has 1 saturated heterocycles. The standard InChI is InChI=1S/C22H27N3O2/c1-22(11-12-22)15-25-13-10-18(14-25)27-17-8-6-16(7-9-17)21(26)24-20-5-3-2-4-19(20)23/h2-9,18H,10-15,23H2,1H3,(H,24,26)/t18-/m0/s1. The highest BCUT2D eigenvalue weighted by Gasteiger charge is 2.40. The molecule has 2 aromatic carbocycles. The average molecular weight is 365 g/mol. The number of carbonyl (C=O) groups excluding carboxylic acids is 1. The molecule has 5 nitrogen and oxygen atoms in total. The molecule has 1 heterocycles. The van der Waals surface area contributed by atoms with Crippen LogP contribution in [0.2, 0.25) is 0 Å². The van der Waals surface area contributed by atoms with Crippen molar-refractivity contribution < 1.29 is 9.53 Å². The third-order valence-electron chi connectivity index (χ3n) is 5.57. The van der Waals surface area contributed by atoms with Crippen molar-refractivity contribution in [3.05, 3.63) is 54.1 Å². The maximum atomic E-state index is 12.4. The topological polar surface area (TPSA) is 67.6 Å². The van der Waals surface area contributed by atoms with E-state index in [1.165, 1.54) is 19.4 Å². The first-order valence-electron chi connectivity index (χ1n) is 9.66. The number of anilines is 2. The smallest absolute Gasteiger partial charge is 0.255 e. The molecule has 0 radical (unpaired) electrons. The molecule has 1 saturated carbocycles. The van der Waals surface area contributed by atoms with E-state index in [4.69, 9.17) is 10.5 Å². The highest BCUT2D eigenvalue weighted by molar-refractivity contribution is 6.05. The lowest BCUT2D eigenvalue weighted by Crippen LogP contribution is -2.29. The van der Waals surface area contributed by atoms with Crippen LogP contribution < -0.4 is 15.8 Å². The van der Waals surface area contributed by atoms with Gasteiger partial charge in [0.05, 0.1) is 11.4 Å². The van der Waals surface area contributed by atoms with Gasteiger partial charge in [-0.25, -0.2) is 0 Å². The Balaban J connectivity index is 1.31. The molecule has 5 heteroatoms. The van der Waals surface area contributed by atoms with Gasteiger partial charge < -0.3 is 15.8 Å². The minimum absolute atomic E-state index is 0.177. The second-order valence-electron chi connectivity index (χ2n) is 8.14. The molecule has 4 rings (SSSR count). The van der Waals surface area contributed by atoms with E-state index in [9.17, 15) is 4.79 Å². The number of carbonyl (C=O) groups is 1. The Bertz CT molecular complexity index is 815. The minimum Gasteiger partial charge on any atom is -0.489 e. The van der Waals surface area contributed by atoms with E-state index in [0.717, 1.165) is 25.3 Å². The van der Waals surface area contributed by atoms with Gasteiger partial charge in [0, 0.05) is 25.2 Å². The number of nitrogens with two attached hydrogens (primary N) is 1. The lowest BCUT2D eigenvalue weighted by Gasteiger charge is -2.20. The lowest BCUT2D eigenvalue weighted by molar-refractivity contribution is 0.102. The van der Waals surface area contributed by atoms with Crippen molar-refractivity contribution in [3.63, 3.8) is 0 Å². The van der Waals surface area contributed by atoms with Crippen molar-refractivity contribution in [2.75, 3.05) is 30.7 Å². The molecule has 1 atom stereocenters. The second kappa shape index (κ2) is 7.24. The summed E-state index contributed by atoms with van der Waals surface area (Å²) in [6.45, 7) is 5.66. The fraction of sp³-hybridized carbons (Fsp3) is 0.409.